The fourth-order valence-electron chi connectivity index (χ4n) is 3.92. The Kier molecular flexibility index (Phi) is 5.74. The van der Waals surface area contributed by atoms with Crippen LogP contribution in [0.4, 0.5) is 0 Å². The summed E-state index contributed by atoms with van der Waals surface area (Å²) in [5.74, 6) is -0.934. The number of aromatic nitrogens is 1. The summed E-state index contributed by atoms with van der Waals surface area (Å²) in [7, 11) is 0. The van der Waals surface area contributed by atoms with Gasteiger partial charge < -0.3 is 15.0 Å². The Morgan fingerprint density at radius 2 is 1.55 bits per heavy atom. The van der Waals surface area contributed by atoms with Crippen LogP contribution >= 0.6 is 0 Å². The number of carbonyl (C=O) groups excluding carboxylic acids is 1. The van der Waals surface area contributed by atoms with Crippen LogP contribution in [0.3, 0.4) is 0 Å². The highest BCUT2D eigenvalue weighted by Gasteiger charge is 2.30. The van der Waals surface area contributed by atoms with Gasteiger partial charge >= 0.3 is 5.97 Å². The maximum atomic E-state index is 12.8. The molecule has 0 unspecified atom stereocenters. The molecule has 0 spiro atoms. The number of amides is 1. The van der Waals surface area contributed by atoms with Gasteiger partial charge in [0.05, 0.1) is 5.41 Å². The van der Waals surface area contributed by atoms with Gasteiger partial charge in [-0.25, -0.2) is 0 Å². The largest absolute Gasteiger partial charge is 0.481 e. The fourth-order valence-corrected chi connectivity index (χ4v) is 3.92. The van der Waals surface area contributed by atoms with E-state index in [0.717, 1.165) is 38.9 Å². The smallest absolute Gasteiger partial charge is 0.313 e. The van der Waals surface area contributed by atoms with Gasteiger partial charge in [0.1, 0.15) is 6.54 Å². The molecule has 31 heavy (non-hydrogen) atoms. The molecule has 2 N–H and O–H groups in total. The Labute approximate surface area is 184 Å². The number of nitrogens with zero attached hydrogens (tertiary/aromatic N) is 1. The highest BCUT2D eigenvalue weighted by atomic mass is 16.4. The normalized spacial score (nSPS) is 12.2. The van der Waals surface area contributed by atoms with Crippen LogP contribution in [0.25, 0.3) is 22.2 Å². The molecule has 1 aromatic heterocycles. The van der Waals surface area contributed by atoms with Crippen LogP contribution in [0, 0.1) is 13.8 Å². The summed E-state index contributed by atoms with van der Waals surface area (Å²) in [5.41, 5.74) is 4.60. The third kappa shape index (κ3) is 4.82. The Balaban J connectivity index is 2.19. The van der Waals surface area contributed by atoms with Gasteiger partial charge in [0, 0.05) is 22.1 Å². The number of hydrogen-bond donors (Lipinski definition) is 2. The van der Waals surface area contributed by atoms with Crippen molar-refractivity contribution in [2.75, 3.05) is 0 Å². The van der Waals surface area contributed by atoms with E-state index in [-0.39, 0.29) is 18.0 Å². The number of fused-ring (bicyclic) bond motifs is 1. The molecule has 1 amide bonds. The lowest BCUT2D eigenvalue weighted by Gasteiger charge is -2.22. The quantitative estimate of drug-likeness (QED) is 0.596. The molecule has 0 aliphatic rings. The zero-order valence-corrected chi connectivity index (χ0v) is 19.5. The lowest BCUT2D eigenvalue weighted by molar-refractivity contribution is -0.142. The maximum Gasteiger partial charge on any atom is 0.313 e. The average Bonchev–Trinajstić information content (AvgIpc) is 2.97. The van der Waals surface area contributed by atoms with E-state index in [1.807, 2.05) is 43.5 Å². The number of carboxylic acid groups (broad SMARTS) is 1. The molecule has 0 aliphatic heterocycles. The Morgan fingerprint density at radius 1 is 0.935 bits per heavy atom. The zero-order chi connectivity index (χ0) is 23.1. The SMILES string of the molecule is Cc1cc(C)cc(-c2cc3cc(C(C)(C)C(=O)O)ccc3n2CC(=O)NC(C)(C)C)c1. The lowest BCUT2D eigenvalue weighted by Crippen LogP contribution is -2.42. The summed E-state index contributed by atoms with van der Waals surface area (Å²) in [6, 6.07) is 14.1. The lowest BCUT2D eigenvalue weighted by atomic mass is 9.84. The summed E-state index contributed by atoms with van der Waals surface area (Å²) < 4.78 is 2.02. The molecule has 5 nitrogen and oxygen atoms in total. The first-order chi connectivity index (χ1) is 14.3. The van der Waals surface area contributed by atoms with E-state index in [2.05, 4.69) is 43.4 Å². The molecule has 0 saturated carbocycles. The van der Waals surface area contributed by atoms with Gasteiger partial charge in [-0.3, -0.25) is 9.59 Å². The minimum absolute atomic E-state index is 0.0643. The van der Waals surface area contributed by atoms with Gasteiger partial charge in [0.2, 0.25) is 5.91 Å². The molecule has 3 aromatic rings. The van der Waals surface area contributed by atoms with Crippen molar-refractivity contribution in [3.8, 4) is 11.3 Å². The first kappa shape index (κ1) is 22.6. The van der Waals surface area contributed by atoms with Crippen molar-refractivity contribution in [3.05, 3.63) is 59.2 Å². The van der Waals surface area contributed by atoms with E-state index in [1.165, 1.54) is 0 Å². The Bertz CT molecular complexity index is 1140. The molecule has 0 saturated heterocycles. The summed E-state index contributed by atoms with van der Waals surface area (Å²) in [5, 5.41) is 13.6. The molecule has 0 aliphatic carbocycles. The predicted molar refractivity (Wildman–Crippen MR) is 125 cm³/mol. The van der Waals surface area contributed by atoms with Crippen molar-refractivity contribution in [1.82, 2.24) is 9.88 Å². The number of hydrogen-bond acceptors (Lipinski definition) is 2. The van der Waals surface area contributed by atoms with Crippen LogP contribution in [0.5, 0.6) is 0 Å². The molecule has 0 atom stereocenters. The number of carboxylic acids is 1. The monoisotopic (exact) mass is 420 g/mol. The molecule has 0 radical (unpaired) electrons. The van der Waals surface area contributed by atoms with E-state index in [0.29, 0.717) is 0 Å². The van der Waals surface area contributed by atoms with Crippen LogP contribution in [0.15, 0.2) is 42.5 Å². The first-order valence-electron chi connectivity index (χ1n) is 10.5. The summed E-state index contributed by atoms with van der Waals surface area (Å²) in [6.07, 6.45) is 0. The van der Waals surface area contributed by atoms with Gasteiger partial charge in [0.25, 0.3) is 0 Å². The molecule has 164 valence electrons. The maximum absolute atomic E-state index is 12.8. The molecule has 0 fully saturated rings. The fraction of sp³-hybridized carbons (Fsp3) is 0.385. The van der Waals surface area contributed by atoms with E-state index in [9.17, 15) is 14.7 Å². The minimum Gasteiger partial charge on any atom is -0.481 e. The van der Waals surface area contributed by atoms with Crippen LogP contribution < -0.4 is 5.32 Å². The third-order valence-corrected chi connectivity index (χ3v) is 5.49. The summed E-state index contributed by atoms with van der Waals surface area (Å²) in [6.45, 7) is 13.6. The van der Waals surface area contributed by atoms with Crippen molar-refractivity contribution in [2.45, 2.75) is 66.0 Å². The van der Waals surface area contributed by atoms with E-state index in [1.54, 1.807) is 13.8 Å². The van der Waals surface area contributed by atoms with E-state index in [4.69, 9.17) is 0 Å². The van der Waals surface area contributed by atoms with Gasteiger partial charge in [-0.2, -0.15) is 0 Å². The second kappa shape index (κ2) is 7.88. The van der Waals surface area contributed by atoms with Crippen LogP contribution in [0.2, 0.25) is 0 Å². The van der Waals surface area contributed by atoms with E-state index >= 15 is 0 Å². The number of nitrogens with one attached hydrogen (secondary N) is 1. The Hall–Kier alpha value is -3.08. The van der Waals surface area contributed by atoms with Crippen LogP contribution in [-0.2, 0) is 21.5 Å². The second-order valence-electron chi connectivity index (χ2n) is 9.99. The summed E-state index contributed by atoms with van der Waals surface area (Å²) >= 11 is 0. The van der Waals surface area contributed by atoms with Crippen molar-refractivity contribution in [2.24, 2.45) is 0 Å². The van der Waals surface area contributed by atoms with Crippen molar-refractivity contribution in [3.63, 3.8) is 0 Å². The van der Waals surface area contributed by atoms with Crippen molar-refractivity contribution >= 4 is 22.8 Å². The number of aliphatic carboxylic acids is 1. The van der Waals surface area contributed by atoms with Gasteiger partial charge in [-0.1, -0.05) is 23.3 Å². The second-order valence-corrected chi connectivity index (χ2v) is 9.99. The molecular weight excluding hydrogens is 388 g/mol. The molecule has 1 heterocycles. The Morgan fingerprint density at radius 3 is 2.10 bits per heavy atom. The van der Waals surface area contributed by atoms with Crippen LogP contribution in [-0.4, -0.2) is 27.1 Å². The first-order valence-corrected chi connectivity index (χ1v) is 10.5. The standard InChI is InChI=1S/C26H32N2O3/c1-16-10-17(2)12-18(11-16)22-14-19-13-20(26(6,7)24(30)31)8-9-21(19)28(22)15-23(29)27-25(3,4)5/h8-14H,15H2,1-7H3,(H,27,29)(H,30,31). The molecule has 2 aromatic carbocycles. The van der Waals surface area contributed by atoms with Gasteiger partial charge in [0.15, 0.2) is 0 Å². The molecule has 0 bridgehead atoms. The molecule has 5 heteroatoms. The number of benzene rings is 2. The van der Waals surface area contributed by atoms with Crippen molar-refractivity contribution < 1.29 is 14.7 Å². The highest BCUT2D eigenvalue weighted by Crippen LogP contribution is 2.33. The molecule has 3 rings (SSSR count). The zero-order valence-electron chi connectivity index (χ0n) is 19.5. The van der Waals surface area contributed by atoms with Crippen LogP contribution in [0.1, 0.15) is 51.3 Å². The average molecular weight is 421 g/mol. The van der Waals surface area contributed by atoms with E-state index < -0.39 is 11.4 Å². The summed E-state index contributed by atoms with van der Waals surface area (Å²) in [4.78, 5) is 24.5. The number of aryl methyl sites for hydroxylation is 2. The van der Waals surface area contributed by atoms with Gasteiger partial charge in [-0.05, 0) is 89.9 Å². The minimum atomic E-state index is -1.00. The third-order valence-electron chi connectivity index (χ3n) is 5.49. The predicted octanol–water partition coefficient (Wildman–Crippen LogP) is 5.20. The number of rotatable bonds is 5. The van der Waals surface area contributed by atoms with Crippen molar-refractivity contribution in [1.29, 1.82) is 0 Å². The molecular formula is C26H32N2O3. The highest BCUT2D eigenvalue weighted by molar-refractivity contribution is 5.91. The topological polar surface area (TPSA) is 71.3 Å². The number of carbonyl (C=O) groups is 2. The van der Waals surface area contributed by atoms with Gasteiger partial charge in [-0.15, -0.1) is 0 Å².